The summed E-state index contributed by atoms with van der Waals surface area (Å²) in [5, 5.41) is 8.84. The molecular formula is C11H14N2O3S. The lowest BCUT2D eigenvalue weighted by Crippen LogP contribution is -2.38. The molecule has 1 fully saturated rings. The predicted molar refractivity (Wildman–Crippen MR) is 67.9 cm³/mol. The van der Waals surface area contributed by atoms with Gasteiger partial charge in [0.1, 0.15) is 0 Å². The van der Waals surface area contributed by atoms with Crippen LogP contribution in [0.5, 0.6) is 0 Å². The van der Waals surface area contributed by atoms with Crippen LogP contribution in [0.4, 0.5) is 11.4 Å². The van der Waals surface area contributed by atoms with Crippen molar-refractivity contribution < 1.29 is 14.1 Å². The Bertz CT molecular complexity index is 466. The number of benzene rings is 1. The maximum absolute atomic E-state index is 11.2. The maximum atomic E-state index is 11.2. The Kier molecular flexibility index (Phi) is 3.33. The molecule has 92 valence electrons. The van der Waals surface area contributed by atoms with Crippen LogP contribution < -0.4 is 10.6 Å². The SMILES string of the molecule is Nc1cc(C(=O)O)ccc1N1CCS(=O)CC1. The minimum atomic E-state index is -0.983. The second kappa shape index (κ2) is 4.75. The maximum Gasteiger partial charge on any atom is 0.335 e. The first-order valence-corrected chi connectivity index (χ1v) is 6.79. The molecule has 1 saturated heterocycles. The van der Waals surface area contributed by atoms with Crippen LogP contribution in [0.1, 0.15) is 10.4 Å². The third-order valence-electron chi connectivity index (χ3n) is 2.79. The summed E-state index contributed by atoms with van der Waals surface area (Å²) in [5.41, 5.74) is 7.31. The summed E-state index contributed by atoms with van der Waals surface area (Å²) in [4.78, 5) is 12.8. The fraction of sp³-hybridized carbons (Fsp3) is 0.364. The molecule has 0 unspecified atom stereocenters. The van der Waals surface area contributed by atoms with E-state index in [0.717, 1.165) is 5.69 Å². The second-order valence-corrected chi connectivity index (χ2v) is 5.61. The van der Waals surface area contributed by atoms with Crippen LogP contribution in [0.25, 0.3) is 0 Å². The Hall–Kier alpha value is -1.56. The second-order valence-electron chi connectivity index (χ2n) is 3.91. The fourth-order valence-electron chi connectivity index (χ4n) is 1.85. The monoisotopic (exact) mass is 254 g/mol. The predicted octanol–water partition coefficient (Wildman–Crippen LogP) is 0.536. The first-order valence-electron chi connectivity index (χ1n) is 5.30. The average molecular weight is 254 g/mol. The summed E-state index contributed by atoms with van der Waals surface area (Å²) < 4.78 is 11.2. The van der Waals surface area contributed by atoms with Crippen molar-refractivity contribution in [3.63, 3.8) is 0 Å². The van der Waals surface area contributed by atoms with E-state index in [1.165, 1.54) is 6.07 Å². The van der Waals surface area contributed by atoms with Crippen molar-refractivity contribution in [2.45, 2.75) is 0 Å². The lowest BCUT2D eigenvalue weighted by molar-refractivity contribution is 0.0697. The van der Waals surface area contributed by atoms with Crippen molar-refractivity contribution in [2.24, 2.45) is 0 Å². The van der Waals surface area contributed by atoms with E-state index in [-0.39, 0.29) is 5.56 Å². The third kappa shape index (κ3) is 2.58. The zero-order chi connectivity index (χ0) is 12.4. The topological polar surface area (TPSA) is 83.6 Å². The van der Waals surface area contributed by atoms with Crippen LogP contribution in [-0.4, -0.2) is 39.9 Å². The number of nitrogens with two attached hydrogens (primary N) is 1. The van der Waals surface area contributed by atoms with Gasteiger partial charge >= 0.3 is 5.97 Å². The molecule has 0 aliphatic carbocycles. The summed E-state index contributed by atoms with van der Waals surface area (Å²) in [5.74, 6) is 0.295. The number of carbonyl (C=O) groups is 1. The molecule has 0 amide bonds. The minimum absolute atomic E-state index is 0.187. The van der Waals surface area contributed by atoms with Crippen molar-refractivity contribution >= 4 is 28.1 Å². The van der Waals surface area contributed by atoms with Crippen molar-refractivity contribution in [1.29, 1.82) is 0 Å². The van der Waals surface area contributed by atoms with Crippen LogP contribution in [-0.2, 0) is 10.8 Å². The zero-order valence-electron chi connectivity index (χ0n) is 9.26. The van der Waals surface area contributed by atoms with E-state index in [9.17, 15) is 9.00 Å². The van der Waals surface area contributed by atoms with Gasteiger partial charge in [-0.05, 0) is 18.2 Å². The van der Waals surface area contributed by atoms with Crippen LogP contribution in [0.2, 0.25) is 0 Å². The average Bonchev–Trinajstić information content (AvgIpc) is 2.30. The van der Waals surface area contributed by atoms with Crippen molar-refractivity contribution in [2.75, 3.05) is 35.2 Å². The van der Waals surface area contributed by atoms with Gasteiger partial charge < -0.3 is 15.7 Å². The highest BCUT2D eigenvalue weighted by atomic mass is 32.2. The van der Waals surface area contributed by atoms with E-state index in [1.807, 2.05) is 4.90 Å². The molecule has 6 heteroatoms. The van der Waals surface area contributed by atoms with Gasteiger partial charge in [0.25, 0.3) is 0 Å². The molecule has 0 aromatic heterocycles. The molecule has 0 atom stereocenters. The highest BCUT2D eigenvalue weighted by Crippen LogP contribution is 2.25. The summed E-state index contributed by atoms with van der Waals surface area (Å²) in [6.45, 7) is 1.40. The molecule has 0 bridgehead atoms. The Morgan fingerprint density at radius 2 is 2.00 bits per heavy atom. The number of aromatic carboxylic acids is 1. The molecular weight excluding hydrogens is 240 g/mol. The number of hydrogen-bond donors (Lipinski definition) is 2. The van der Waals surface area contributed by atoms with Gasteiger partial charge in [0.2, 0.25) is 0 Å². The number of nitrogen functional groups attached to an aromatic ring is 1. The van der Waals surface area contributed by atoms with Gasteiger partial charge in [-0.3, -0.25) is 4.21 Å². The molecule has 1 aliphatic heterocycles. The first kappa shape index (κ1) is 11.9. The van der Waals surface area contributed by atoms with E-state index >= 15 is 0 Å². The zero-order valence-corrected chi connectivity index (χ0v) is 10.1. The van der Waals surface area contributed by atoms with Gasteiger partial charge in [-0.15, -0.1) is 0 Å². The van der Waals surface area contributed by atoms with Crippen molar-refractivity contribution in [1.82, 2.24) is 0 Å². The molecule has 17 heavy (non-hydrogen) atoms. The molecule has 0 saturated carbocycles. The summed E-state index contributed by atoms with van der Waals surface area (Å²) in [6, 6.07) is 4.72. The van der Waals surface area contributed by atoms with E-state index in [4.69, 9.17) is 10.8 Å². The van der Waals surface area contributed by atoms with Crippen LogP contribution >= 0.6 is 0 Å². The van der Waals surface area contributed by atoms with Gasteiger partial charge in [0.15, 0.2) is 0 Å². The minimum Gasteiger partial charge on any atom is -0.478 e. The summed E-state index contributed by atoms with van der Waals surface area (Å²) in [6.07, 6.45) is 0. The van der Waals surface area contributed by atoms with Gasteiger partial charge in [0.05, 0.1) is 16.9 Å². The number of carboxylic acid groups (broad SMARTS) is 1. The quantitative estimate of drug-likeness (QED) is 0.752. The van der Waals surface area contributed by atoms with Gasteiger partial charge in [0, 0.05) is 35.4 Å². The number of rotatable bonds is 2. The summed E-state index contributed by atoms with van der Waals surface area (Å²) >= 11 is 0. The van der Waals surface area contributed by atoms with E-state index in [2.05, 4.69) is 0 Å². The molecule has 0 radical (unpaired) electrons. The lowest BCUT2D eigenvalue weighted by Gasteiger charge is -2.29. The standard InChI is InChI=1S/C11H14N2O3S/c12-9-7-8(11(14)15)1-2-10(9)13-3-5-17(16)6-4-13/h1-2,7H,3-6,12H2,(H,14,15). The van der Waals surface area contributed by atoms with Crippen molar-refractivity contribution in [3.8, 4) is 0 Å². The van der Waals surface area contributed by atoms with Gasteiger partial charge in [-0.2, -0.15) is 0 Å². The molecule has 5 nitrogen and oxygen atoms in total. The number of hydrogen-bond acceptors (Lipinski definition) is 4. The Morgan fingerprint density at radius 1 is 1.35 bits per heavy atom. The smallest absolute Gasteiger partial charge is 0.335 e. The lowest BCUT2D eigenvalue weighted by atomic mass is 10.1. The fourth-order valence-corrected chi connectivity index (χ4v) is 2.91. The van der Waals surface area contributed by atoms with Crippen LogP contribution in [0.15, 0.2) is 18.2 Å². The normalized spacial score (nSPS) is 17.1. The van der Waals surface area contributed by atoms with E-state index < -0.39 is 16.8 Å². The Labute approximate surface area is 102 Å². The first-order chi connectivity index (χ1) is 8.08. The molecule has 2 rings (SSSR count). The highest BCUT2D eigenvalue weighted by molar-refractivity contribution is 7.85. The van der Waals surface area contributed by atoms with Crippen LogP contribution in [0, 0.1) is 0 Å². The summed E-state index contributed by atoms with van der Waals surface area (Å²) in [7, 11) is -0.730. The van der Waals surface area contributed by atoms with Gasteiger partial charge in [-0.25, -0.2) is 4.79 Å². The molecule has 3 N–H and O–H groups in total. The molecule has 0 spiro atoms. The van der Waals surface area contributed by atoms with Crippen LogP contribution in [0.3, 0.4) is 0 Å². The number of anilines is 2. The largest absolute Gasteiger partial charge is 0.478 e. The molecule has 1 aromatic rings. The number of carboxylic acids is 1. The molecule has 1 heterocycles. The van der Waals surface area contributed by atoms with Gasteiger partial charge in [-0.1, -0.05) is 0 Å². The van der Waals surface area contributed by atoms with E-state index in [0.29, 0.717) is 30.3 Å². The Balaban J connectivity index is 2.21. The van der Waals surface area contributed by atoms with E-state index in [1.54, 1.807) is 12.1 Å². The van der Waals surface area contributed by atoms with Crippen molar-refractivity contribution in [3.05, 3.63) is 23.8 Å². The number of nitrogens with zero attached hydrogens (tertiary/aromatic N) is 1. The molecule has 1 aromatic carbocycles. The third-order valence-corrected chi connectivity index (χ3v) is 4.07. The highest BCUT2D eigenvalue weighted by Gasteiger charge is 2.18. The Morgan fingerprint density at radius 3 is 2.53 bits per heavy atom. The molecule has 1 aliphatic rings.